The van der Waals surface area contributed by atoms with Gasteiger partial charge in [-0.3, -0.25) is 0 Å². The van der Waals surface area contributed by atoms with Crippen LogP contribution >= 0.6 is 0 Å². The van der Waals surface area contributed by atoms with Crippen LogP contribution in [-0.2, 0) is 34.0 Å². The van der Waals surface area contributed by atoms with Gasteiger partial charge in [0.05, 0.1) is 12.5 Å². The zero-order chi connectivity index (χ0) is 6.91. The molecule has 50 valence electrons. The lowest BCUT2D eigenvalue weighted by molar-refractivity contribution is 0.371. The zero-order valence-electron chi connectivity index (χ0n) is 4.70. The van der Waals surface area contributed by atoms with Crippen molar-refractivity contribution in [3.63, 3.8) is 0 Å². The zero-order valence-corrected chi connectivity index (χ0v) is 7.15. The number of hydrogen-bond donors (Lipinski definition) is 0. The molecule has 1 atom stereocenters. The van der Waals surface area contributed by atoms with E-state index < -0.39 is 7.43 Å². The number of terminal acetylenes is 1. The van der Waals surface area contributed by atoms with E-state index in [1.165, 1.54) is 0 Å². The molecule has 1 heterocycles. The van der Waals surface area contributed by atoms with E-state index in [1.807, 2.05) is 0 Å². The van der Waals surface area contributed by atoms with Crippen molar-refractivity contribution in [2.24, 2.45) is 5.92 Å². The molecule has 1 aliphatic rings. The Morgan fingerprint density at radius 1 is 1.67 bits per heavy atom. The fourth-order valence-corrected chi connectivity index (χ4v) is 3.10. The Balaban J connectivity index is 2.72. The summed E-state index contributed by atoms with van der Waals surface area (Å²) in [6.45, 7) is 0.568. The normalized spacial score (nSPS) is 31.7. The third-order valence-electron chi connectivity index (χ3n) is 1.09. The molecular weight excluding hydrogens is 172 g/mol. The van der Waals surface area contributed by atoms with Crippen molar-refractivity contribution >= 4 is 29.8 Å². The molecule has 1 fully saturated rings. The van der Waals surface area contributed by atoms with E-state index in [0.717, 1.165) is 0 Å². The van der Waals surface area contributed by atoms with Gasteiger partial charge in [0.15, 0.2) is 0 Å². The van der Waals surface area contributed by atoms with Gasteiger partial charge in [-0.2, -0.15) is 0 Å². The minimum atomic E-state index is -1.58. The molecule has 1 nitrogen and oxygen atoms in total. The Hall–Kier alpha value is 0.310. The maximum Gasteiger partial charge on any atom is 0.0766 e. The lowest BCUT2D eigenvalue weighted by Crippen LogP contribution is -2.00. The summed E-state index contributed by atoms with van der Waals surface area (Å²) in [6.07, 6.45) is 5.15. The standard InChI is InChI=1S/C5H6OS3/c1-2-5-3-6-9(7,8)4-5/h1,5H,3-4H2. The Morgan fingerprint density at radius 2 is 2.33 bits per heavy atom. The van der Waals surface area contributed by atoms with Crippen molar-refractivity contribution in [1.29, 1.82) is 0 Å². The largest absolute Gasteiger partial charge is 0.309 e. The molecule has 9 heavy (non-hydrogen) atoms. The maximum atomic E-state index is 5.15. The predicted octanol–water partition coefficient (Wildman–Crippen LogP) is 0.259. The van der Waals surface area contributed by atoms with Crippen molar-refractivity contribution in [1.82, 2.24) is 0 Å². The molecule has 1 unspecified atom stereocenters. The van der Waals surface area contributed by atoms with Gasteiger partial charge in [0.25, 0.3) is 0 Å². The summed E-state index contributed by atoms with van der Waals surface area (Å²) >= 11 is 9.86. The molecule has 0 radical (unpaired) electrons. The van der Waals surface area contributed by atoms with Gasteiger partial charge in [-0.25, -0.2) is 0 Å². The van der Waals surface area contributed by atoms with Crippen molar-refractivity contribution in [3.8, 4) is 12.3 Å². The Morgan fingerprint density at radius 3 is 2.56 bits per heavy atom. The highest BCUT2D eigenvalue weighted by molar-refractivity contribution is 8.54. The fraction of sp³-hybridized carbons (Fsp3) is 0.600. The van der Waals surface area contributed by atoms with Crippen LogP contribution in [0.5, 0.6) is 0 Å². The summed E-state index contributed by atoms with van der Waals surface area (Å²) in [5.74, 6) is 3.47. The van der Waals surface area contributed by atoms with Crippen molar-refractivity contribution in [2.45, 2.75) is 0 Å². The van der Waals surface area contributed by atoms with Crippen LogP contribution in [0.1, 0.15) is 0 Å². The molecule has 0 aromatic rings. The lowest BCUT2D eigenvalue weighted by atomic mass is 10.2. The monoisotopic (exact) mass is 178 g/mol. The SMILES string of the molecule is C#CC1COS(=S)(=S)C1. The summed E-state index contributed by atoms with van der Waals surface area (Å²) in [5.41, 5.74) is 0. The van der Waals surface area contributed by atoms with Gasteiger partial charge < -0.3 is 4.18 Å². The molecule has 4 heteroatoms. The van der Waals surface area contributed by atoms with E-state index in [4.69, 9.17) is 33.0 Å². The van der Waals surface area contributed by atoms with Crippen LogP contribution in [0.3, 0.4) is 0 Å². The van der Waals surface area contributed by atoms with Crippen LogP contribution in [0.2, 0.25) is 0 Å². The highest BCUT2D eigenvalue weighted by Gasteiger charge is 2.20. The molecule has 1 rings (SSSR count). The first-order valence-corrected chi connectivity index (χ1v) is 6.05. The average molecular weight is 178 g/mol. The minimum absolute atomic E-state index is 0.176. The van der Waals surface area contributed by atoms with Crippen molar-refractivity contribution in [2.75, 3.05) is 12.4 Å². The van der Waals surface area contributed by atoms with E-state index in [1.54, 1.807) is 0 Å². The van der Waals surface area contributed by atoms with Gasteiger partial charge >= 0.3 is 0 Å². The van der Waals surface area contributed by atoms with E-state index in [-0.39, 0.29) is 5.92 Å². The van der Waals surface area contributed by atoms with Gasteiger partial charge in [-0.1, -0.05) is 5.92 Å². The fourth-order valence-electron chi connectivity index (χ4n) is 0.625. The van der Waals surface area contributed by atoms with Crippen LogP contribution in [0.25, 0.3) is 0 Å². The molecule has 1 aliphatic heterocycles. The highest BCUT2D eigenvalue weighted by Crippen LogP contribution is 2.14. The first kappa shape index (κ1) is 7.42. The predicted molar refractivity (Wildman–Crippen MR) is 45.2 cm³/mol. The Kier molecular flexibility index (Phi) is 2.07. The van der Waals surface area contributed by atoms with Gasteiger partial charge in [-0.15, -0.1) is 6.42 Å². The summed E-state index contributed by atoms with van der Waals surface area (Å²) in [6, 6.07) is 0. The summed E-state index contributed by atoms with van der Waals surface area (Å²) in [5, 5.41) is 0. The average Bonchev–Trinajstić information content (AvgIpc) is 2.10. The molecule has 0 saturated carbocycles. The smallest absolute Gasteiger partial charge is 0.0766 e. The summed E-state index contributed by atoms with van der Waals surface area (Å²) in [7, 11) is -1.58. The molecule has 0 aromatic carbocycles. The molecular formula is C5H6OS3. The Labute approximate surface area is 64.8 Å². The summed E-state index contributed by atoms with van der Waals surface area (Å²) in [4.78, 5) is 0. The van der Waals surface area contributed by atoms with E-state index in [9.17, 15) is 0 Å². The van der Waals surface area contributed by atoms with Crippen LogP contribution in [0, 0.1) is 18.3 Å². The molecule has 0 spiro atoms. The van der Waals surface area contributed by atoms with E-state index in [2.05, 4.69) is 5.92 Å². The van der Waals surface area contributed by atoms with Gasteiger partial charge in [0.2, 0.25) is 0 Å². The van der Waals surface area contributed by atoms with Gasteiger partial charge in [-0.05, 0) is 22.4 Å². The molecule has 0 aliphatic carbocycles. The van der Waals surface area contributed by atoms with E-state index in [0.29, 0.717) is 12.4 Å². The van der Waals surface area contributed by atoms with Gasteiger partial charge in [0.1, 0.15) is 0 Å². The number of rotatable bonds is 0. The maximum absolute atomic E-state index is 5.15. The molecule has 0 aromatic heterocycles. The second-order valence-corrected chi connectivity index (χ2v) is 7.42. The second-order valence-electron chi connectivity index (χ2n) is 1.87. The first-order valence-electron chi connectivity index (χ1n) is 2.47. The third-order valence-corrected chi connectivity index (χ3v) is 3.79. The molecule has 0 bridgehead atoms. The van der Waals surface area contributed by atoms with Crippen LogP contribution in [0.4, 0.5) is 0 Å². The topological polar surface area (TPSA) is 9.23 Å². The van der Waals surface area contributed by atoms with Crippen molar-refractivity contribution < 1.29 is 4.18 Å². The number of hydrogen-bond acceptors (Lipinski definition) is 3. The molecule has 0 amide bonds. The molecule has 1 saturated heterocycles. The van der Waals surface area contributed by atoms with Crippen LogP contribution < -0.4 is 0 Å². The minimum Gasteiger partial charge on any atom is -0.309 e. The Bertz CT molecular complexity index is 233. The van der Waals surface area contributed by atoms with Gasteiger partial charge in [0, 0.05) is 13.2 Å². The lowest BCUT2D eigenvalue weighted by Gasteiger charge is -1.93. The highest BCUT2D eigenvalue weighted by atomic mass is 33.1. The van der Waals surface area contributed by atoms with Crippen LogP contribution in [0.15, 0.2) is 0 Å². The first-order chi connectivity index (χ1) is 4.14. The summed E-state index contributed by atoms with van der Waals surface area (Å²) < 4.78 is 5.11. The second kappa shape index (κ2) is 2.51. The van der Waals surface area contributed by atoms with E-state index >= 15 is 0 Å². The van der Waals surface area contributed by atoms with Crippen LogP contribution in [-0.4, -0.2) is 12.4 Å². The third kappa shape index (κ3) is 1.87. The van der Waals surface area contributed by atoms with Crippen molar-refractivity contribution in [3.05, 3.63) is 0 Å². The molecule has 0 N–H and O–H groups in total. The quantitative estimate of drug-likeness (QED) is 0.492.